The molecule has 2 heterocycles. The quantitative estimate of drug-likeness (QED) is 0.493. The minimum absolute atomic E-state index is 0.0336. The first-order valence-electron chi connectivity index (χ1n) is 3.51. The molecular formula is C7H10O3. The Labute approximate surface area is 59.3 Å². The number of rotatable bonds is 0. The predicted octanol–water partition coefficient (Wildman–Crippen LogP) is 0.481. The van der Waals surface area contributed by atoms with Crippen molar-refractivity contribution < 1.29 is 14.3 Å². The van der Waals surface area contributed by atoms with Crippen LogP contribution in [0.15, 0.2) is 0 Å². The Morgan fingerprint density at radius 3 is 3.20 bits per heavy atom. The van der Waals surface area contributed by atoms with Crippen molar-refractivity contribution in [2.24, 2.45) is 0 Å². The number of carbonyl (C=O) groups excluding carboxylic acids is 1. The number of ketones is 1. The van der Waals surface area contributed by atoms with Crippen LogP contribution in [-0.2, 0) is 14.3 Å². The molecule has 0 aromatic heterocycles. The van der Waals surface area contributed by atoms with Gasteiger partial charge >= 0.3 is 0 Å². The van der Waals surface area contributed by atoms with Crippen LogP contribution in [0.4, 0.5) is 0 Å². The minimum Gasteiger partial charge on any atom is -0.347 e. The van der Waals surface area contributed by atoms with Gasteiger partial charge in [-0.3, -0.25) is 4.79 Å². The molecule has 56 valence electrons. The zero-order valence-corrected chi connectivity index (χ0v) is 5.92. The third-order valence-electron chi connectivity index (χ3n) is 1.96. The highest BCUT2D eigenvalue weighted by molar-refractivity contribution is 5.80. The average molecular weight is 142 g/mol. The Morgan fingerprint density at radius 2 is 2.50 bits per heavy atom. The number of carbonyl (C=O) groups is 1. The van der Waals surface area contributed by atoms with Gasteiger partial charge in [-0.05, 0) is 6.92 Å². The van der Waals surface area contributed by atoms with Crippen LogP contribution in [0.1, 0.15) is 19.8 Å². The van der Waals surface area contributed by atoms with Crippen molar-refractivity contribution in [1.82, 2.24) is 0 Å². The summed E-state index contributed by atoms with van der Waals surface area (Å²) in [5.74, 6) is -0.323. The lowest BCUT2D eigenvalue weighted by molar-refractivity contribution is -0.179. The Bertz CT molecular complexity index is 178. The number of fused-ring (bicyclic) bond motifs is 2. The molecule has 0 radical (unpaired) electrons. The largest absolute Gasteiger partial charge is 0.347 e. The number of hydrogen-bond donors (Lipinski definition) is 0. The van der Waals surface area contributed by atoms with Gasteiger partial charge in [-0.2, -0.15) is 0 Å². The van der Waals surface area contributed by atoms with E-state index in [0.29, 0.717) is 19.4 Å². The SMILES string of the molecule is CC12CC(=O)CC(CO1)O2. The molecule has 0 amide bonds. The molecular weight excluding hydrogens is 132 g/mol. The van der Waals surface area contributed by atoms with Gasteiger partial charge in [0.1, 0.15) is 5.78 Å². The van der Waals surface area contributed by atoms with Crippen LogP contribution >= 0.6 is 0 Å². The molecule has 2 rings (SSSR count). The molecule has 0 aliphatic carbocycles. The van der Waals surface area contributed by atoms with Crippen molar-refractivity contribution in [3.63, 3.8) is 0 Å². The summed E-state index contributed by atoms with van der Waals surface area (Å²) in [6, 6.07) is 0. The van der Waals surface area contributed by atoms with Crippen LogP contribution in [0.5, 0.6) is 0 Å². The van der Waals surface area contributed by atoms with E-state index in [1.807, 2.05) is 6.92 Å². The normalized spacial score (nSPS) is 46.1. The molecule has 0 spiro atoms. The molecule has 0 N–H and O–H groups in total. The molecule has 2 fully saturated rings. The predicted molar refractivity (Wildman–Crippen MR) is 33.5 cm³/mol. The van der Waals surface area contributed by atoms with E-state index in [4.69, 9.17) is 9.47 Å². The summed E-state index contributed by atoms with van der Waals surface area (Å²) in [5, 5.41) is 0. The van der Waals surface area contributed by atoms with Crippen LogP contribution in [0.3, 0.4) is 0 Å². The van der Waals surface area contributed by atoms with E-state index in [2.05, 4.69) is 0 Å². The summed E-state index contributed by atoms with van der Waals surface area (Å²) in [4.78, 5) is 11.0. The van der Waals surface area contributed by atoms with Crippen molar-refractivity contribution in [3.05, 3.63) is 0 Å². The van der Waals surface area contributed by atoms with E-state index < -0.39 is 5.79 Å². The molecule has 3 nitrogen and oxygen atoms in total. The van der Waals surface area contributed by atoms with Gasteiger partial charge in [-0.1, -0.05) is 0 Å². The van der Waals surface area contributed by atoms with Crippen LogP contribution < -0.4 is 0 Å². The molecule has 0 aromatic carbocycles. The maximum atomic E-state index is 11.0. The Kier molecular flexibility index (Phi) is 1.13. The van der Waals surface area contributed by atoms with Crippen molar-refractivity contribution >= 4 is 5.78 Å². The number of ether oxygens (including phenoxy) is 2. The standard InChI is InChI=1S/C7H10O3/c1-7-3-5(8)2-6(10-7)4-9-7/h6H,2-4H2,1H3. The van der Waals surface area contributed by atoms with Crippen LogP contribution in [0.25, 0.3) is 0 Å². The molecule has 2 aliphatic heterocycles. The summed E-state index contributed by atoms with van der Waals surface area (Å²) in [6.45, 7) is 2.41. The zero-order chi connectivity index (χ0) is 7.19. The lowest BCUT2D eigenvalue weighted by Gasteiger charge is -2.26. The van der Waals surface area contributed by atoms with Gasteiger partial charge < -0.3 is 9.47 Å². The van der Waals surface area contributed by atoms with E-state index in [1.54, 1.807) is 0 Å². The molecule has 2 aliphatic rings. The summed E-state index contributed by atoms with van der Waals surface area (Å²) in [5.41, 5.74) is 0. The van der Waals surface area contributed by atoms with Gasteiger partial charge in [-0.25, -0.2) is 0 Å². The summed E-state index contributed by atoms with van der Waals surface area (Å²) < 4.78 is 10.7. The molecule has 2 saturated heterocycles. The molecule has 0 saturated carbocycles. The first kappa shape index (κ1) is 6.31. The third kappa shape index (κ3) is 0.859. The minimum atomic E-state index is -0.583. The fraction of sp³-hybridized carbons (Fsp3) is 0.857. The van der Waals surface area contributed by atoms with Crippen LogP contribution in [0.2, 0.25) is 0 Å². The maximum absolute atomic E-state index is 11.0. The van der Waals surface area contributed by atoms with E-state index >= 15 is 0 Å². The second kappa shape index (κ2) is 1.80. The summed E-state index contributed by atoms with van der Waals surface area (Å²) in [6.07, 6.45) is 0.991. The van der Waals surface area contributed by atoms with Gasteiger partial charge in [-0.15, -0.1) is 0 Å². The fourth-order valence-electron chi connectivity index (χ4n) is 1.57. The number of Topliss-reactive ketones (excluding diaryl/α,β-unsaturated/α-hetero) is 1. The molecule has 2 unspecified atom stereocenters. The molecule has 10 heavy (non-hydrogen) atoms. The molecule has 2 bridgehead atoms. The van der Waals surface area contributed by atoms with Crippen molar-refractivity contribution in [2.45, 2.75) is 31.7 Å². The van der Waals surface area contributed by atoms with Gasteiger partial charge in [0.2, 0.25) is 0 Å². The van der Waals surface area contributed by atoms with E-state index in [1.165, 1.54) is 0 Å². The first-order valence-corrected chi connectivity index (χ1v) is 3.51. The third-order valence-corrected chi connectivity index (χ3v) is 1.96. The highest BCUT2D eigenvalue weighted by Gasteiger charge is 2.44. The van der Waals surface area contributed by atoms with E-state index in [-0.39, 0.29) is 11.9 Å². The highest BCUT2D eigenvalue weighted by Crippen LogP contribution is 2.33. The number of hydrogen-bond acceptors (Lipinski definition) is 3. The van der Waals surface area contributed by atoms with E-state index in [0.717, 1.165) is 0 Å². The molecule has 2 atom stereocenters. The fourth-order valence-corrected chi connectivity index (χ4v) is 1.57. The first-order chi connectivity index (χ1) is 4.68. The molecule has 3 heteroatoms. The monoisotopic (exact) mass is 142 g/mol. The Morgan fingerprint density at radius 1 is 1.70 bits per heavy atom. The van der Waals surface area contributed by atoms with Crippen LogP contribution in [0, 0.1) is 0 Å². The van der Waals surface area contributed by atoms with Crippen molar-refractivity contribution in [1.29, 1.82) is 0 Å². The average Bonchev–Trinajstić information content (AvgIpc) is 2.06. The highest BCUT2D eigenvalue weighted by atomic mass is 16.7. The smallest absolute Gasteiger partial charge is 0.172 e. The van der Waals surface area contributed by atoms with Gasteiger partial charge in [0, 0.05) is 6.42 Å². The van der Waals surface area contributed by atoms with Crippen molar-refractivity contribution in [3.8, 4) is 0 Å². The lowest BCUT2D eigenvalue weighted by Crippen LogP contribution is -2.35. The zero-order valence-electron chi connectivity index (χ0n) is 5.92. The van der Waals surface area contributed by atoms with Crippen LogP contribution in [-0.4, -0.2) is 24.3 Å². The maximum Gasteiger partial charge on any atom is 0.172 e. The second-order valence-electron chi connectivity index (χ2n) is 3.10. The second-order valence-corrected chi connectivity index (χ2v) is 3.10. The van der Waals surface area contributed by atoms with Gasteiger partial charge in [0.25, 0.3) is 0 Å². The van der Waals surface area contributed by atoms with Gasteiger partial charge in [0.15, 0.2) is 5.79 Å². The molecule has 0 aromatic rings. The van der Waals surface area contributed by atoms with Crippen molar-refractivity contribution in [2.75, 3.05) is 6.61 Å². The summed E-state index contributed by atoms with van der Waals surface area (Å²) >= 11 is 0. The lowest BCUT2D eigenvalue weighted by atomic mass is 10.0. The van der Waals surface area contributed by atoms with Gasteiger partial charge in [0.05, 0.1) is 19.1 Å². The Hall–Kier alpha value is -0.410. The van der Waals surface area contributed by atoms with E-state index in [9.17, 15) is 4.79 Å². The topological polar surface area (TPSA) is 35.5 Å². The summed E-state index contributed by atoms with van der Waals surface area (Å²) in [7, 11) is 0. The Balaban J connectivity index is 2.20.